The summed E-state index contributed by atoms with van der Waals surface area (Å²) in [6.45, 7) is 2.45. The number of nitrogens with zero attached hydrogens (tertiary/aromatic N) is 7. The van der Waals surface area contributed by atoms with Crippen LogP contribution in [0.15, 0.2) is 47.7 Å². The molecule has 1 N–H and O–H groups in total. The minimum absolute atomic E-state index is 0.0754. The third kappa shape index (κ3) is 5.68. The fourth-order valence-corrected chi connectivity index (χ4v) is 4.98. The number of nitriles is 1. The van der Waals surface area contributed by atoms with Gasteiger partial charge in [0.2, 0.25) is 0 Å². The van der Waals surface area contributed by atoms with Crippen LogP contribution in [0.25, 0.3) is 0 Å². The van der Waals surface area contributed by atoms with E-state index in [1.165, 1.54) is 11.1 Å². The molecule has 0 radical (unpaired) electrons. The molecule has 2 aromatic heterocycles. The zero-order valence-electron chi connectivity index (χ0n) is 21.3. The molecule has 1 aromatic carbocycles. The number of hydrogen-bond acceptors (Lipinski definition) is 9. The lowest BCUT2D eigenvalue weighted by atomic mass is 10.1. The van der Waals surface area contributed by atoms with E-state index in [0.717, 1.165) is 6.20 Å². The van der Waals surface area contributed by atoms with Crippen LogP contribution in [-0.4, -0.2) is 76.3 Å². The molecule has 0 bridgehead atoms. The summed E-state index contributed by atoms with van der Waals surface area (Å²) in [5, 5.41) is 14.3. The third-order valence-electron chi connectivity index (χ3n) is 6.97. The van der Waals surface area contributed by atoms with Gasteiger partial charge in [0.25, 0.3) is 11.5 Å². The van der Waals surface area contributed by atoms with Gasteiger partial charge in [-0.05, 0) is 31.0 Å². The Morgan fingerprint density at radius 1 is 1.12 bits per heavy atom. The number of anilines is 2. The summed E-state index contributed by atoms with van der Waals surface area (Å²) in [6, 6.07) is 8.22. The number of halogens is 3. The number of alkyl halides is 3. The minimum atomic E-state index is -4.82. The number of H-pyrrole nitrogens is 1. The molecule has 0 unspecified atom stereocenters. The molecule has 0 spiro atoms. The van der Waals surface area contributed by atoms with Gasteiger partial charge < -0.3 is 19.4 Å². The molecular weight excluding hydrogens is 529 g/mol. The molecule has 40 heavy (non-hydrogen) atoms. The summed E-state index contributed by atoms with van der Waals surface area (Å²) in [7, 11) is 0. The fourth-order valence-electron chi connectivity index (χ4n) is 4.98. The number of rotatable bonds is 6. The van der Waals surface area contributed by atoms with Crippen LogP contribution in [-0.2, 0) is 6.18 Å². The van der Waals surface area contributed by atoms with E-state index in [0.29, 0.717) is 62.7 Å². The molecule has 5 rings (SSSR count). The second-order valence-electron chi connectivity index (χ2n) is 9.44. The summed E-state index contributed by atoms with van der Waals surface area (Å²) < 4.78 is 46.7. The van der Waals surface area contributed by atoms with Gasteiger partial charge in [0.1, 0.15) is 29.8 Å². The maximum atomic E-state index is 13.6. The second-order valence-corrected chi connectivity index (χ2v) is 9.44. The number of aromatic amines is 1. The average Bonchev–Trinajstić information content (AvgIpc) is 3.44. The van der Waals surface area contributed by atoms with E-state index in [1.54, 1.807) is 35.4 Å². The van der Waals surface area contributed by atoms with Crippen LogP contribution in [0, 0.1) is 11.3 Å². The van der Waals surface area contributed by atoms with Gasteiger partial charge >= 0.3 is 6.18 Å². The molecule has 14 heteroatoms. The number of aromatic nitrogens is 4. The normalized spacial score (nSPS) is 17.6. The van der Waals surface area contributed by atoms with E-state index >= 15 is 0 Å². The smallest absolute Gasteiger partial charge is 0.423 e. The highest BCUT2D eigenvalue weighted by atomic mass is 19.4. The Balaban J connectivity index is 1.21. The average molecular weight is 555 g/mol. The predicted octanol–water partition coefficient (Wildman–Crippen LogP) is 2.46. The SMILES string of the molecule is N#Cc1cnc(N2CCN(C(=O)c3cccc(OC[C@@H]4CCCN4c4cn[nH]c(=O)c4C(F)(F)F)c3)CC2)cn1. The molecule has 1 atom stereocenters. The summed E-state index contributed by atoms with van der Waals surface area (Å²) in [5.41, 5.74) is -2.15. The van der Waals surface area contributed by atoms with Crippen LogP contribution < -0.4 is 20.1 Å². The Labute approximate surface area is 226 Å². The molecule has 2 aliphatic heterocycles. The number of benzene rings is 1. The Hall–Kier alpha value is -4.67. The first-order valence-electron chi connectivity index (χ1n) is 12.7. The van der Waals surface area contributed by atoms with Gasteiger partial charge in [-0.15, -0.1) is 0 Å². The van der Waals surface area contributed by atoms with Gasteiger partial charge in [0.15, 0.2) is 5.69 Å². The number of piperazine rings is 1. The van der Waals surface area contributed by atoms with Gasteiger partial charge in [-0.2, -0.15) is 23.5 Å². The van der Waals surface area contributed by atoms with E-state index in [-0.39, 0.29) is 23.9 Å². The molecule has 2 fully saturated rings. The number of carbonyl (C=O) groups is 1. The number of amides is 1. The summed E-state index contributed by atoms with van der Waals surface area (Å²) >= 11 is 0. The lowest BCUT2D eigenvalue weighted by molar-refractivity contribution is -0.138. The first-order chi connectivity index (χ1) is 19.2. The Morgan fingerprint density at radius 2 is 1.93 bits per heavy atom. The topological polar surface area (TPSA) is 131 Å². The predicted molar refractivity (Wildman–Crippen MR) is 137 cm³/mol. The number of hydrogen-bond donors (Lipinski definition) is 1. The van der Waals surface area contributed by atoms with Crippen molar-refractivity contribution in [2.24, 2.45) is 0 Å². The van der Waals surface area contributed by atoms with Gasteiger partial charge in [-0.25, -0.2) is 15.1 Å². The maximum absolute atomic E-state index is 13.6. The van der Waals surface area contributed by atoms with Crippen molar-refractivity contribution < 1.29 is 22.7 Å². The van der Waals surface area contributed by atoms with Gasteiger partial charge in [-0.1, -0.05) is 6.07 Å². The second kappa shape index (κ2) is 11.2. The van der Waals surface area contributed by atoms with Crippen LogP contribution in [0.2, 0.25) is 0 Å². The van der Waals surface area contributed by atoms with E-state index in [2.05, 4.69) is 15.1 Å². The van der Waals surface area contributed by atoms with Gasteiger partial charge in [0.05, 0.1) is 30.3 Å². The number of nitrogens with one attached hydrogen (secondary N) is 1. The molecule has 2 saturated heterocycles. The quantitative estimate of drug-likeness (QED) is 0.488. The Bertz CT molecular complexity index is 1460. The lowest BCUT2D eigenvalue weighted by Crippen LogP contribution is -2.49. The molecular formula is C26H25F3N8O3. The van der Waals surface area contributed by atoms with Crippen LogP contribution >= 0.6 is 0 Å². The molecule has 0 aliphatic carbocycles. The first kappa shape index (κ1) is 26.9. The van der Waals surface area contributed by atoms with Crippen molar-refractivity contribution in [2.75, 3.05) is 49.1 Å². The third-order valence-corrected chi connectivity index (χ3v) is 6.97. The highest BCUT2D eigenvalue weighted by Gasteiger charge is 2.40. The monoisotopic (exact) mass is 554 g/mol. The van der Waals surface area contributed by atoms with Gasteiger partial charge in [-0.3, -0.25) is 9.59 Å². The summed E-state index contributed by atoms with van der Waals surface area (Å²) in [4.78, 5) is 38.6. The zero-order valence-corrected chi connectivity index (χ0v) is 21.3. The Morgan fingerprint density at radius 3 is 2.62 bits per heavy atom. The molecule has 3 aromatic rings. The van der Waals surface area contributed by atoms with E-state index < -0.39 is 23.3 Å². The van der Waals surface area contributed by atoms with Crippen LogP contribution in [0.4, 0.5) is 24.7 Å². The van der Waals surface area contributed by atoms with E-state index in [9.17, 15) is 22.8 Å². The van der Waals surface area contributed by atoms with Crippen LogP contribution in [0.3, 0.4) is 0 Å². The molecule has 2 aliphatic rings. The van der Waals surface area contributed by atoms with Crippen molar-refractivity contribution >= 4 is 17.4 Å². The maximum Gasteiger partial charge on any atom is 0.423 e. The van der Waals surface area contributed by atoms with Crippen molar-refractivity contribution in [1.29, 1.82) is 5.26 Å². The summed E-state index contributed by atoms with van der Waals surface area (Å²) in [5.74, 6) is 0.896. The first-order valence-corrected chi connectivity index (χ1v) is 12.7. The lowest BCUT2D eigenvalue weighted by Gasteiger charge is -2.35. The number of carbonyl (C=O) groups excluding carboxylic acids is 1. The molecule has 4 heterocycles. The largest absolute Gasteiger partial charge is 0.491 e. The van der Waals surface area contributed by atoms with Gasteiger partial charge in [0, 0.05) is 38.3 Å². The van der Waals surface area contributed by atoms with Crippen molar-refractivity contribution in [3.05, 3.63) is 70.0 Å². The standard InChI is InChI=1S/C26H25F3N8O3/c27-26(28,29)23-21(14-33-34-24(23)38)37-6-2-4-19(37)16-40-20-5-1-3-17(11-20)25(39)36-9-7-35(8-10-36)22-15-31-18(12-30)13-32-22/h1,3,5,11,13-15,19H,2,4,6-10,16H2,(H,34,38)/t19-/m0/s1. The molecule has 0 saturated carbocycles. The Kier molecular flexibility index (Phi) is 7.54. The molecule has 1 amide bonds. The van der Waals surface area contributed by atoms with Crippen molar-refractivity contribution in [3.63, 3.8) is 0 Å². The molecule has 11 nitrogen and oxygen atoms in total. The van der Waals surface area contributed by atoms with Crippen molar-refractivity contribution in [3.8, 4) is 11.8 Å². The molecule has 208 valence electrons. The highest BCUT2D eigenvalue weighted by molar-refractivity contribution is 5.94. The van der Waals surface area contributed by atoms with Crippen LogP contribution in [0.5, 0.6) is 5.75 Å². The van der Waals surface area contributed by atoms with Crippen LogP contribution in [0.1, 0.15) is 34.5 Å². The highest BCUT2D eigenvalue weighted by Crippen LogP contribution is 2.36. The fraction of sp³-hybridized carbons (Fsp3) is 0.385. The van der Waals surface area contributed by atoms with E-state index in [4.69, 9.17) is 10.00 Å². The van der Waals surface area contributed by atoms with Crippen molar-refractivity contribution in [2.45, 2.75) is 25.1 Å². The van der Waals surface area contributed by atoms with Crippen molar-refractivity contribution in [1.82, 2.24) is 25.1 Å². The number of ether oxygens (including phenoxy) is 1. The van der Waals surface area contributed by atoms with E-state index in [1.807, 2.05) is 16.1 Å². The summed E-state index contributed by atoms with van der Waals surface area (Å²) in [6.07, 6.45) is 0.367. The minimum Gasteiger partial charge on any atom is -0.491 e. The zero-order chi connectivity index (χ0) is 28.3.